The highest BCUT2D eigenvalue weighted by Gasteiger charge is 2.33. The highest BCUT2D eigenvalue weighted by atomic mass is 19.4. The van der Waals surface area contributed by atoms with E-state index in [1.54, 1.807) is 0 Å². The number of ether oxygens (including phenoxy) is 1. The third-order valence-electron chi connectivity index (χ3n) is 1.43. The van der Waals surface area contributed by atoms with Crippen LogP contribution in [0.4, 0.5) is 19.1 Å². The molecule has 1 N–H and O–H groups in total. The fourth-order valence-electron chi connectivity index (χ4n) is 0.787. The molecular formula is C7H8F3N3O. The van der Waals surface area contributed by atoms with E-state index in [2.05, 4.69) is 20.0 Å². The normalized spacial score (nSPS) is 11.2. The molecule has 0 bridgehead atoms. The zero-order valence-electron chi connectivity index (χ0n) is 7.51. The molecule has 0 aliphatic rings. The Labute approximate surface area is 78.1 Å². The maximum atomic E-state index is 12.2. The molecule has 0 aliphatic heterocycles. The average molecular weight is 207 g/mol. The van der Waals surface area contributed by atoms with Crippen LogP contribution in [-0.2, 0) is 6.18 Å². The Morgan fingerprint density at radius 1 is 1.36 bits per heavy atom. The SMILES string of the molecule is CNc1nc(OC)cc(C(F)(F)F)n1. The number of hydrogen-bond acceptors (Lipinski definition) is 4. The molecule has 0 fully saturated rings. The Morgan fingerprint density at radius 2 is 2.00 bits per heavy atom. The first-order chi connectivity index (χ1) is 6.47. The van der Waals surface area contributed by atoms with E-state index in [9.17, 15) is 13.2 Å². The first-order valence-electron chi connectivity index (χ1n) is 3.65. The first-order valence-corrected chi connectivity index (χ1v) is 3.65. The van der Waals surface area contributed by atoms with E-state index in [-0.39, 0.29) is 11.8 Å². The van der Waals surface area contributed by atoms with Crippen molar-refractivity contribution in [2.75, 3.05) is 19.5 Å². The van der Waals surface area contributed by atoms with Crippen molar-refractivity contribution in [2.45, 2.75) is 6.18 Å². The second kappa shape index (κ2) is 3.69. The molecule has 78 valence electrons. The summed E-state index contributed by atoms with van der Waals surface area (Å²) in [5.41, 5.74) is -1.03. The van der Waals surface area contributed by atoms with Crippen LogP contribution < -0.4 is 10.1 Å². The van der Waals surface area contributed by atoms with Crippen molar-refractivity contribution < 1.29 is 17.9 Å². The van der Waals surface area contributed by atoms with Crippen LogP contribution in [-0.4, -0.2) is 24.1 Å². The van der Waals surface area contributed by atoms with Crippen LogP contribution in [0.2, 0.25) is 0 Å². The molecule has 1 rings (SSSR count). The summed E-state index contributed by atoms with van der Waals surface area (Å²) >= 11 is 0. The van der Waals surface area contributed by atoms with E-state index < -0.39 is 11.9 Å². The maximum Gasteiger partial charge on any atom is 0.433 e. The number of methoxy groups -OCH3 is 1. The second-order valence-electron chi connectivity index (χ2n) is 2.37. The van der Waals surface area contributed by atoms with Gasteiger partial charge in [-0.25, -0.2) is 4.98 Å². The summed E-state index contributed by atoms with van der Waals surface area (Å²) in [5, 5.41) is 2.41. The van der Waals surface area contributed by atoms with Gasteiger partial charge in [-0.15, -0.1) is 0 Å². The molecule has 0 atom stereocenters. The number of rotatable bonds is 2. The van der Waals surface area contributed by atoms with Gasteiger partial charge in [0, 0.05) is 13.1 Å². The lowest BCUT2D eigenvalue weighted by atomic mass is 10.4. The Hall–Kier alpha value is -1.53. The number of aromatic nitrogens is 2. The van der Waals surface area contributed by atoms with Gasteiger partial charge in [-0.05, 0) is 0 Å². The molecule has 0 amide bonds. The van der Waals surface area contributed by atoms with Gasteiger partial charge in [0.05, 0.1) is 7.11 Å². The van der Waals surface area contributed by atoms with Crippen LogP contribution in [0.1, 0.15) is 5.69 Å². The lowest BCUT2D eigenvalue weighted by molar-refractivity contribution is -0.141. The van der Waals surface area contributed by atoms with Gasteiger partial charge >= 0.3 is 6.18 Å². The number of nitrogens with zero attached hydrogens (tertiary/aromatic N) is 2. The van der Waals surface area contributed by atoms with Gasteiger partial charge < -0.3 is 10.1 Å². The van der Waals surface area contributed by atoms with Crippen molar-refractivity contribution in [2.24, 2.45) is 0 Å². The Morgan fingerprint density at radius 3 is 2.43 bits per heavy atom. The summed E-state index contributed by atoms with van der Waals surface area (Å²) in [4.78, 5) is 6.88. The number of halogens is 3. The predicted molar refractivity (Wildman–Crippen MR) is 43.1 cm³/mol. The van der Waals surface area contributed by atoms with Crippen molar-refractivity contribution in [1.29, 1.82) is 0 Å². The minimum Gasteiger partial charge on any atom is -0.481 e. The summed E-state index contributed by atoms with van der Waals surface area (Å²) in [5.74, 6) is -0.256. The molecular weight excluding hydrogens is 199 g/mol. The van der Waals surface area contributed by atoms with Crippen LogP contribution >= 0.6 is 0 Å². The minimum absolute atomic E-state index is 0.128. The van der Waals surface area contributed by atoms with Crippen LogP contribution in [0.25, 0.3) is 0 Å². The van der Waals surface area contributed by atoms with Crippen LogP contribution in [0.5, 0.6) is 5.88 Å². The Balaban J connectivity index is 3.17. The number of nitrogens with one attached hydrogen (secondary N) is 1. The monoisotopic (exact) mass is 207 g/mol. The van der Waals surface area contributed by atoms with Crippen LogP contribution in [0.15, 0.2) is 6.07 Å². The largest absolute Gasteiger partial charge is 0.481 e. The van der Waals surface area contributed by atoms with E-state index in [0.29, 0.717) is 0 Å². The highest BCUT2D eigenvalue weighted by molar-refractivity contribution is 5.31. The third-order valence-corrected chi connectivity index (χ3v) is 1.43. The standard InChI is InChI=1S/C7H8F3N3O/c1-11-6-12-4(7(8,9)10)3-5(13-6)14-2/h3H,1-2H3,(H,11,12,13). The molecule has 0 unspecified atom stereocenters. The zero-order valence-corrected chi connectivity index (χ0v) is 7.51. The van der Waals surface area contributed by atoms with Crippen molar-refractivity contribution in [3.05, 3.63) is 11.8 Å². The van der Waals surface area contributed by atoms with E-state index >= 15 is 0 Å². The summed E-state index contributed by atoms with van der Waals surface area (Å²) in [6.45, 7) is 0. The molecule has 14 heavy (non-hydrogen) atoms. The zero-order chi connectivity index (χ0) is 10.8. The average Bonchev–Trinajstić information content (AvgIpc) is 2.15. The summed E-state index contributed by atoms with van der Waals surface area (Å²) in [6, 6.07) is 0.737. The van der Waals surface area contributed by atoms with Crippen LogP contribution in [0.3, 0.4) is 0 Å². The topological polar surface area (TPSA) is 47.0 Å². The molecule has 0 aromatic carbocycles. The Bertz CT molecular complexity index is 304. The molecule has 0 spiro atoms. The van der Waals surface area contributed by atoms with Crippen molar-refractivity contribution in [3.8, 4) is 5.88 Å². The molecule has 4 nitrogen and oxygen atoms in total. The van der Waals surface area contributed by atoms with E-state index in [1.807, 2.05) is 0 Å². The van der Waals surface area contributed by atoms with Crippen LogP contribution in [0, 0.1) is 0 Å². The smallest absolute Gasteiger partial charge is 0.433 e. The molecule has 0 aliphatic carbocycles. The van der Waals surface area contributed by atoms with Crippen molar-refractivity contribution in [1.82, 2.24) is 9.97 Å². The van der Waals surface area contributed by atoms with Crippen molar-refractivity contribution >= 4 is 5.95 Å². The maximum absolute atomic E-state index is 12.2. The third kappa shape index (κ3) is 2.24. The quantitative estimate of drug-likeness (QED) is 0.799. The molecule has 7 heteroatoms. The van der Waals surface area contributed by atoms with Gasteiger partial charge in [-0.3, -0.25) is 0 Å². The molecule has 1 aromatic heterocycles. The second-order valence-corrected chi connectivity index (χ2v) is 2.37. The highest BCUT2D eigenvalue weighted by Crippen LogP contribution is 2.29. The van der Waals surface area contributed by atoms with Gasteiger partial charge in [0.15, 0.2) is 5.69 Å². The van der Waals surface area contributed by atoms with Gasteiger partial charge in [-0.2, -0.15) is 18.2 Å². The molecule has 1 heterocycles. The summed E-state index contributed by atoms with van der Waals surface area (Å²) in [6.07, 6.45) is -4.50. The number of hydrogen-bond donors (Lipinski definition) is 1. The molecule has 0 radical (unpaired) electrons. The fourth-order valence-corrected chi connectivity index (χ4v) is 0.787. The van der Waals surface area contributed by atoms with E-state index in [1.165, 1.54) is 14.2 Å². The summed E-state index contributed by atoms with van der Waals surface area (Å²) < 4.78 is 41.3. The van der Waals surface area contributed by atoms with Crippen molar-refractivity contribution in [3.63, 3.8) is 0 Å². The number of alkyl halides is 3. The van der Waals surface area contributed by atoms with Gasteiger partial charge in [-0.1, -0.05) is 0 Å². The molecule has 1 aromatic rings. The lowest BCUT2D eigenvalue weighted by Gasteiger charge is -2.08. The first kappa shape index (κ1) is 10.6. The fraction of sp³-hybridized carbons (Fsp3) is 0.429. The minimum atomic E-state index is -4.50. The molecule has 0 saturated heterocycles. The Kier molecular flexibility index (Phi) is 2.78. The van der Waals surface area contributed by atoms with Gasteiger partial charge in [0.25, 0.3) is 0 Å². The van der Waals surface area contributed by atoms with Gasteiger partial charge in [0.1, 0.15) is 0 Å². The van der Waals surface area contributed by atoms with E-state index in [4.69, 9.17) is 0 Å². The lowest BCUT2D eigenvalue weighted by Crippen LogP contribution is -2.11. The predicted octanol–water partition coefficient (Wildman–Crippen LogP) is 1.55. The van der Waals surface area contributed by atoms with Gasteiger partial charge in [0.2, 0.25) is 11.8 Å². The number of anilines is 1. The molecule has 0 saturated carbocycles. The summed E-state index contributed by atoms with van der Waals surface area (Å²) in [7, 11) is 2.66. The van der Waals surface area contributed by atoms with E-state index in [0.717, 1.165) is 6.07 Å².